The van der Waals surface area contributed by atoms with E-state index in [-0.39, 0.29) is 0 Å². The fourth-order valence-electron chi connectivity index (χ4n) is 3.21. The lowest BCUT2D eigenvalue weighted by Crippen LogP contribution is -1.90. The Balaban J connectivity index is 2.11. The first-order valence-corrected chi connectivity index (χ1v) is 8.55. The molecule has 0 aliphatic carbocycles. The summed E-state index contributed by atoms with van der Waals surface area (Å²) in [5, 5.41) is 0. The zero-order valence-corrected chi connectivity index (χ0v) is 14.8. The lowest BCUT2D eigenvalue weighted by atomic mass is 9.93. The third-order valence-corrected chi connectivity index (χ3v) is 5.11. The average molecular weight is 320 g/mol. The highest BCUT2D eigenvalue weighted by Gasteiger charge is 2.11. The van der Waals surface area contributed by atoms with Crippen LogP contribution in [0.5, 0.6) is 0 Å². The highest BCUT2D eigenvalue weighted by molar-refractivity contribution is 7.17. The van der Waals surface area contributed by atoms with E-state index >= 15 is 0 Å². The minimum absolute atomic E-state index is 0.775. The maximum absolute atomic E-state index is 10.9. The Morgan fingerprint density at radius 3 is 1.87 bits per heavy atom. The summed E-state index contributed by atoms with van der Waals surface area (Å²) in [5.74, 6) is 0. The van der Waals surface area contributed by atoms with Crippen LogP contribution in [0.1, 0.15) is 31.9 Å². The lowest BCUT2D eigenvalue weighted by molar-refractivity contribution is 0.112. The first-order chi connectivity index (χ1) is 11.0. The van der Waals surface area contributed by atoms with Gasteiger partial charge in [0.25, 0.3) is 0 Å². The number of benzene rings is 2. The Bertz CT molecular complexity index is 843. The minimum atomic E-state index is 0.775. The van der Waals surface area contributed by atoms with Gasteiger partial charge in [0, 0.05) is 4.88 Å². The van der Waals surface area contributed by atoms with Gasteiger partial charge >= 0.3 is 0 Å². The van der Waals surface area contributed by atoms with Crippen molar-refractivity contribution in [2.45, 2.75) is 27.7 Å². The topological polar surface area (TPSA) is 17.1 Å². The second kappa shape index (κ2) is 6.13. The van der Waals surface area contributed by atoms with Crippen molar-refractivity contribution in [3.8, 4) is 21.6 Å². The number of hydrogen-bond acceptors (Lipinski definition) is 2. The van der Waals surface area contributed by atoms with Crippen LogP contribution >= 0.6 is 11.3 Å². The first kappa shape index (κ1) is 15.7. The molecule has 0 unspecified atom stereocenters. The van der Waals surface area contributed by atoms with Crippen LogP contribution in [0.15, 0.2) is 42.5 Å². The van der Waals surface area contributed by atoms with Gasteiger partial charge in [-0.25, -0.2) is 0 Å². The molecule has 0 saturated carbocycles. The van der Waals surface area contributed by atoms with Crippen LogP contribution in [-0.4, -0.2) is 6.29 Å². The van der Waals surface area contributed by atoms with Crippen LogP contribution in [0.3, 0.4) is 0 Å². The second-order valence-corrected chi connectivity index (χ2v) is 7.30. The molecule has 0 saturated heterocycles. The molecular weight excluding hydrogens is 300 g/mol. The van der Waals surface area contributed by atoms with E-state index < -0.39 is 0 Å². The van der Waals surface area contributed by atoms with E-state index in [9.17, 15) is 4.79 Å². The molecule has 0 radical (unpaired) electrons. The van der Waals surface area contributed by atoms with E-state index in [0.29, 0.717) is 0 Å². The molecule has 0 atom stereocenters. The summed E-state index contributed by atoms with van der Waals surface area (Å²) < 4.78 is 0. The van der Waals surface area contributed by atoms with Gasteiger partial charge in [-0.15, -0.1) is 11.3 Å². The standard InChI is InChI=1S/C21H20OS/c1-13-7-14(2)9-17(8-13)18-10-15(3)21(16(4)11-18)20-6-5-19(12-22)23-20/h5-12H,1-4H3. The van der Waals surface area contributed by atoms with Gasteiger partial charge in [0.05, 0.1) is 4.88 Å². The van der Waals surface area contributed by atoms with E-state index in [0.717, 1.165) is 16.0 Å². The largest absolute Gasteiger partial charge is 0.297 e. The van der Waals surface area contributed by atoms with Crippen LogP contribution in [0.4, 0.5) is 0 Å². The van der Waals surface area contributed by atoms with Crippen molar-refractivity contribution in [3.63, 3.8) is 0 Å². The maximum Gasteiger partial charge on any atom is 0.160 e. The molecule has 2 aromatic carbocycles. The summed E-state index contributed by atoms with van der Waals surface area (Å²) in [7, 11) is 0. The average Bonchev–Trinajstić information content (AvgIpc) is 2.94. The molecule has 0 N–H and O–H groups in total. The van der Waals surface area contributed by atoms with E-state index in [4.69, 9.17) is 0 Å². The predicted octanol–water partition coefficient (Wildman–Crippen LogP) is 6.13. The van der Waals surface area contributed by atoms with Gasteiger partial charge in [-0.2, -0.15) is 0 Å². The van der Waals surface area contributed by atoms with E-state index in [2.05, 4.69) is 58.0 Å². The molecule has 116 valence electrons. The van der Waals surface area contributed by atoms with Gasteiger partial charge < -0.3 is 0 Å². The molecular formula is C21H20OS. The Morgan fingerprint density at radius 2 is 1.35 bits per heavy atom. The van der Waals surface area contributed by atoms with Crippen molar-refractivity contribution < 1.29 is 4.79 Å². The maximum atomic E-state index is 10.9. The quantitative estimate of drug-likeness (QED) is 0.531. The summed E-state index contributed by atoms with van der Waals surface area (Å²) >= 11 is 1.55. The zero-order chi connectivity index (χ0) is 16.6. The molecule has 1 nitrogen and oxygen atoms in total. The summed E-state index contributed by atoms with van der Waals surface area (Å²) in [6, 6.07) is 15.1. The van der Waals surface area contributed by atoms with E-state index in [1.165, 1.54) is 38.9 Å². The Labute approximate surface area is 141 Å². The number of carbonyl (C=O) groups is 1. The van der Waals surface area contributed by atoms with Gasteiger partial charge in [0.15, 0.2) is 6.29 Å². The molecule has 0 aliphatic rings. The Hall–Kier alpha value is -2.19. The first-order valence-electron chi connectivity index (χ1n) is 7.73. The molecule has 0 aliphatic heterocycles. The van der Waals surface area contributed by atoms with Gasteiger partial charge in [-0.1, -0.05) is 41.5 Å². The number of thiophene rings is 1. The highest BCUT2D eigenvalue weighted by atomic mass is 32.1. The molecule has 1 aromatic heterocycles. The number of aldehydes is 1. The summed E-state index contributed by atoms with van der Waals surface area (Å²) in [4.78, 5) is 12.9. The van der Waals surface area contributed by atoms with Crippen LogP contribution in [0.2, 0.25) is 0 Å². The molecule has 1 heterocycles. The van der Waals surface area contributed by atoms with Crippen LogP contribution in [0, 0.1) is 27.7 Å². The summed E-state index contributed by atoms with van der Waals surface area (Å²) in [5.41, 5.74) is 8.83. The van der Waals surface area contributed by atoms with E-state index in [1.54, 1.807) is 11.3 Å². The van der Waals surface area contributed by atoms with Crippen molar-refractivity contribution in [3.05, 3.63) is 69.6 Å². The van der Waals surface area contributed by atoms with Crippen molar-refractivity contribution in [1.29, 1.82) is 0 Å². The monoisotopic (exact) mass is 320 g/mol. The fraction of sp³-hybridized carbons (Fsp3) is 0.190. The molecule has 3 aromatic rings. The van der Waals surface area contributed by atoms with Crippen LogP contribution < -0.4 is 0 Å². The molecule has 3 rings (SSSR count). The normalized spacial score (nSPS) is 10.8. The van der Waals surface area contributed by atoms with Gasteiger partial charge in [-0.05, 0) is 67.6 Å². The zero-order valence-electron chi connectivity index (χ0n) is 13.9. The smallest absolute Gasteiger partial charge is 0.160 e. The molecule has 0 spiro atoms. The van der Waals surface area contributed by atoms with Crippen molar-refractivity contribution in [1.82, 2.24) is 0 Å². The molecule has 0 fully saturated rings. The minimum Gasteiger partial charge on any atom is -0.297 e. The SMILES string of the molecule is Cc1cc(C)cc(-c2cc(C)c(-c3ccc(C=O)s3)c(C)c2)c1. The van der Waals surface area contributed by atoms with Crippen molar-refractivity contribution >= 4 is 17.6 Å². The highest BCUT2D eigenvalue weighted by Crippen LogP contribution is 2.36. The second-order valence-electron chi connectivity index (χ2n) is 6.18. The van der Waals surface area contributed by atoms with Crippen molar-refractivity contribution in [2.24, 2.45) is 0 Å². The number of rotatable bonds is 3. The van der Waals surface area contributed by atoms with Gasteiger partial charge in [0.2, 0.25) is 0 Å². The van der Waals surface area contributed by atoms with E-state index in [1.807, 2.05) is 12.1 Å². The van der Waals surface area contributed by atoms with Crippen LogP contribution in [-0.2, 0) is 0 Å². The number of carbonyl (C=O) groups excluding carboxylic acids is 1. The van der Waals surface area contributed by atoms with Crippen molar-refractivity contribution in [2.75, 3.05) is 0 Å². The third-order valence-electron chi connectivity index (χ3n) is 4.08. The molecule has 23 heavy (non-hydrogen) atoms. The van der Waals surface area contributed by atoms with Crippen LogP contribution in [0.25, 0.3) is 21.6 Å². The Kier molecular flexibility index (Phi) is 4.18. The summed E-state index contributed by atoms with van der Waals surface area (Å²) in [6.07, 6.45) is 0.919. The summed E-state index contributed by atoms with van der Waals surface area (Å²) in [6.45, 7) is 8.57. The number of aryl methyl sites for hydroxylation is 4. The molecule has 0 bridgehead atoms. The van der Waals surface area contributed by atoms with Gasteiger partial charge in [0.1, 0.15) is 0 Å². The Morgan fingerprint density at radius 1 is 0.783 bits per heavy atom. The fourth-order valence-corrected chi connectivity index (χ4v) is 4.21. The lowest BCUT2D eigenvalue weighted by Gasteiger charge is -2.13. The third kappa shape index (κ3) is 3.13. The number of hydrogen-bond donors (Lipinski definition) is 0. The predicted molar refractivity (Wildman–Crippen MR) is 99.5 cm³/mol. The molecule has 0 amide bonds. The molecule has 2 heteroatoms. The van der Waals surface area contributed by atoms with Gasteiger partial charge in [-0.3, -0.25) is 4.79 Å².